The van der Waals surface area contributed by atoms with Gasteiger partial charge >= 0.3 is 6.09 Å². The first-order valence-corrected chi connectivity index (χ1v) is 8.75. The standard InChI is InChI=1S/C16H18N2O4S/c1-2-23(20,21)15(17)12-8-10-13(11-9-12)18-16(19)22-14-6-4-3-5-7-14/h3-11,15H,2,17H2,1H3,(H,18,19). The van der Waals surface area contributed by atoms with E-state index in [1.54, 1.807) is 55.5 Å². The molecule has 0 spiro atoms. The third kappa shape index (κ3) is 4.54. The number of para-hydroxylation sites is 1. The zero-order chi connectivity index (χ0) is 16.9. The molecule has 2 aromatic carbocycles. The third-order valence-electron chi connectivity index (χ3n) is 3.23. The average Bonchev–Trinajstić information content (AvgIpc) is 2.55. The summed E-state index contributed by atoms with van der Waals surface area (Å²) in [6.45, 7) is 1.55. The van der Waals surface area contributed by atoms with Gasteiger partial charge in [-0.05, 0) is 29.8 Å². The van der Waals surface area contributed by atoms with Gasteiger partial charge in [0.25, 0.3) is 0 Å². The van der Waals surface area contributed by atoms with Gasteiger partial charge in [0.2, 0.25) is 0 Å². The molecular formula is C16H18N2O4S. The molecule has 0 aromatic heterocycles. The molecule has 0 aliphatic heterocycles. The minimum Gasteiger partial charge on any atom is -0.410 e. The number of amides is 1. The topological polar surface area (TPSA) is 98.5 Å². The first kappa shape index (κ1) is 17.0. The number of carbonyl (C=O) groups is 1. The van der Waals surface area contributed by atoms with Crippen LogP contribution in [0.15, 0.2) is 54.6 Å². The summed E-state index contributed by atoms with van der Waals surface area (Å²) in [5.74, 6) is 0.398. The molecule has 3 N–H and O–H groups in total. The Morgan fingerprint density at radius 2 is 1.74 bits per heavy atom. The maximum Gasteiger partial charge on any atom is 0.417 e. The third-order valence-corrected chi connectivity index (χ3v) is 5.08. The summed E-state index contributed by atoms with van der Waals surface area (Å²) in [4.78, 5) is 11.8. The molecule has 0 aliphatic carbocycles. The predicted molar refractivity (Wildman–Crippen MR) is 88.9 cm³/mol. The SMILES string of the molecule is CCS(=O)(=O)C(N)c1ccc(NC(=O)Oc2ccccc2)cc1. The summed E-state index contributed by atoms with van der Waals surface area (Å²) in [5, 5.41) is 1.49. The highest BCUT2D eigenvalue weighted by molar-refractivity contribution is 7.91. The number of hydrogen-bond acceptors (Lipinski definition) is 5. The highest BCUT2D eigenvalue weighted by atomic mass is 32.2. The van der Waals surface area contributed by atoms with Crippen molar-refractivity contribution >= 4 is 21.6 Å². The molecule has 0 bridgehead atoms. The van der Waals surface area contributed by atoms with Crippen molar-refractivity contribution in [3.63, 3.8) is 0 Å². The van der Waals surface area contributed by atoms with Gasteiger partial charge in [0.15, 0.2) is 9.84 Å². The Kier molecular flexibility index (Phi) is 5.36. The summed E-state index contributed by atoms with van der Waals surface area (Å²) in [6.07, 6.45) is -0.630. The van der Waals surface area contributed by atoms with Gasteiger partial charge in [0, 0.05) is 11.4 Å². The van der Waals surface area contributed by atoms with Gasteiger partial charge in [0.05, 0.1) is 0 Å². The fraction of sp³-hybridized carbons (Fsp3) is 0.188. The van der Waals surface area contributed by atoms with E-state index in [-0.39, 0.29) is 5.75 Å². The van der Waals surface area contributed by atoms with E-state index in [9.17, 15) is 13.2 Å². The molecule has 122 valence electrons. The van der Waals surface area contributed by atoms with E-state index in [2.05, 4.69) is 5.32 Å². The van der Waals surface area contributed by atoms with Crippen LogP contribution in [-0.4, -0.2) is 20.3 Å². The average molecular weight is 334 g/mol. The number of nitrogens with one attached hydrogen (secondary N) is 1. The molecule has 0 heterocycles. The summed E-state index contributed by atoms with van der Waals surface area (Å²) in [6, 6.07) is 14.9. The lowest BCUT2D eigenvalue weighted by atomic mass is 10.2. The van der Waals surface area contributed by atoms with Gasteiger partial charge in [-0.1, -0.05) is 37.3 Å². The van der Waals surface area contributed by atoms with Crippen LogP contribution in [0.2, 0.25) is 0 Å². The van der Waals surface area contributed by atoms with Crippen molar-refractivity contribution in [1.29, 1.82) is 0 Å². The monoisotopic (exact) mass is 334 g/mol. The predicted octanol–water partition coefficient (Wildman–Crippen LogP) is 2.69. The molecule has 1 atom stereocenters. The first-order chi connectivity index (χ1) is 10.9. The van der Waals surface area contributed by atoms with Crippen molar-refractivity contribution in [3.8, 4) is 5.75 Å². The Hall–Kier alpha value is -2.38. The molecule has 6 nitrogen and oxygen atoms in total. The Bertz CT molecular complexity index is 758. The van der Waals surface area contributed by atoms with Crippen LogP contribution < -0.4 is 15.8 Å². The van der Waals surface area contributed by atoms with Gasteiger partial charge in [-0.2, -0.15) is 0 Å². The normalized spacial score (nSPS) is 12.4. The Labute approximate surface area is 135 Å². The van der Waals surface area contributed by atoms with Crippen LogP contribution >= 0.6 is 0 Å². The summed E-state index contributed by atoms with van der Waals surface area (Å²) in [5.41, 5.74) is 6.69. The Morgan fingerprint density at radius 3 is 2.30 bits per heavy atom. The maximum atomic E-state index is 11.8. The zero-order valence-electron chi connectivity index (χ0n) is 12.6. The molecule has 7 heteroatoms. The van der Waals surface area contributed by atoms with Crippen LogP contribution in [0, 0.1) is 0 Å². The van der Waals surface area contributed by atoms with E-state index in [4.69, 9.17) is 10.5 Å². The zero-order valence-corrected chi connectivity index (χ0v) is 13.4. The van der Waals surface area contributed by atoms with Crippen LogP contribution in [0.3, 0.4) is 0 Å². The van der Waals surface area contributed by atoms with E-state index in [1.807, 2.05) is 6.07 Å². The molecule has 0 fully saturated rings. The summed E-state index contributed by atoms with van der Waals surface area (Å²) < 4.78 is 28.6. The van der Waals surface area contributed by atoms with Crippen LogP contribution in [0.5, 0.6) is 5.75 Å². The van der Waals surface area contributed by atoms with Gasteiger partial charge in [-0.3, -0.25) is 5.32 Å². The van der Waals surface area contributed by atoms with Gasteiger partial charge < -0.3 is 10.5 Å². The number of hydrogen-bond donors (Lipinski definition) is 2. The van der Waals surface area contributed by atoms with E-state index >= 15 is 0 Å². The number of sulfone groups is 1. The highest BCUT2D eigenvalue weighted by Crippen LogP contribution is 2.20. The van der Waals surface area contributed by atoms with Crippen molar-refractivity contribution in [3.05, 3.63) is 60.2 Å². The number of nitrogens with two attached hydrogens (primary N) is 1. The van der Waals surface area contributed by atoms with Crippen molar-refractivity contribution in [2.45, 2.75) is 12.3 Å². The number of ether oxygens (including phenoxy) is 1. The first-order valence-electron chi connectivity index (χ1n) is 7.03. The molecule has 2 aromatic rings. The highest BCUT2D eigenvalue weighted by Gasteiger charge is 2.20. The molecule has 0 aliphatic rings. The fourth-order valence-electron chi connectivity index (χ4n) is 1.88. The van der Waals surface area contributed by atoms with E-state index in [0.29, 0.717) is 17.0 Å². The van der Waals surface area contributed by atoms with Crippen molar-refractivity contribution in [2.75, 3.05) is 11.1 Å². The second-order valence-corrected chi connectivity index (χ2v) is 7.23. The quantitative estimate of drug-likeness (QED) is 0.876. The molecule has 0 radical (unpaired) electrons. The lowest BCUT2D eigenvalue weighted by molar-refractivity contribution is 0.215. The second kappa shape index (κ2) is 7.26. The molecule has 0 saturated carbocycles. The Morgan fingerprint density at radius 1 is 1.13 bits per heavy atom. The number of benzene rings is 2. The van der Waals surface area contributed by atoms with Crippen LogP contribution in [0.4, 0.5) is 10.5 Å². The summed E-state index contributed by atoms with van der Waals surface area (Å²) >= 11 is 0. The van der Waals surface area contributed by atoms with E-state index in [1.165, 1.54) is 0 Å². The summed E-state index contributed by atoms with van der Waals surface area (Å²) in [7, 11) is -3.36. The Balaban J connectivity index is 2.01. The smallest absolute Gasteiger partial charge is 0.410 e. The molecule has 1 unspecified atom stereocenters. The van der Waals surface area contributed by atoms with Crippen molar-refractivity contribution < 1.29 is 17.9 Å². The lowest BCUT2D eigenvalue weighted by Gasteiger charge is -2.12. The molecule has 1 amide bonds. The van der Waals surface area contributed by atoms with Gasteiger partial charge in [-0.25, -0.2) is 13.2 Å². The number of rotatable bonds is 5. The van der Waals surface area contributed by atoms with Gasteiger partial charge in [-0.15, -0.1) is 0 Å². The van der Waals surface area contributed by atoms with Crippen LogP contribution in [0.1, 0.15) is 17.9 Å². The van der Waals surface area contributed by atoms with Gasteiger partial charge in [0.1, 0.15) is 11.1 Å². The minimum atomic E-state index is -3.36. The van der Waals surface area contributed by atoms with Crippen molar-refractivity contribution in [1.82, 2.24) is 0 Å². The fourth-order valence-corrected chi connectivity index (χ4v) is 2.81. The van der Waals surface area contributed by atoms with Crippen LogP contribution in [-0.2, 0) is 9.84 Å². The second-order valence-electron chi connectivity index (χ2n) is 4.82. The molecule has 0 saturated heterocycles. The largest absolute Gasteiger partial charge is 0.417 e. The molecule has 2 rings (SSSR count). The number of anilines is 1. The van der Waals surface area contributed by atoms with Crippen LogP contribution in [0.25, 0.3) is 0 Å². The van der Waals surface area contributed by atoms with Crippen molar-refractivity contribution in [2.24, 2.45) is 5.73 Å². The lowest BCUT2D eigenvalue weighted by Crippen LogP contribution is -2.23. The minimum absolute atomic E-state index is 0.0302. The number of carbonyl (C=O) groups excluding carboxylic acids is 1. The maximum absolute atomic E-state index is 11.8. The van der Waals surface area contributed by atoms with E-state index in [0.717, 1.165) is 0 Å². The molecule has 23 heavy (non-hydrogen) atoms. The molecular weight excluding hydrogens is 316 g/mol. The van der Waals surface area contributed by atoms with E-state index < -0.39 is 21.3 Å².